The summed E-state index contributed by atoms with van der Waals surface area (Å²) in [7, 11) is 3.19. The topological polar surface area (TPSA) is 74.8 Å². The number of halogens is 1. The van der Waals surface area contributed by atoms with E-state index in [0.29, 0.717) is 25.7 Å². The molecule has 0 aromatic heterocycles. The van der Waals surface area contributed by atoms with Crippen molar-refractivity contribution in [2.24, 2.45) is 4.99 Å². The van der Waals surface area contributed by atoms with Gasteiger partial charge in [0.2, 0.25) is 5.91 Å². The molecule has 1 rings (SSSR count). The first-order valence-corrected chi connectivity index (χ1v) is 6.60. The molecule has 0 radical (unpaired) electrons. The van der Waals surface area contributed by atoms with Gasteiger partial charge in [-0.1, -0.05) is 12.1 Å². The Bertz CT molecular complexity index is 463. The first kappa shape index (κ1) is 16.9. The number of hydrogen-bond acceptors (Lipinski definition) is 3. The second kappa shape index (κ2) is 9.71. The SMILES string of the molecule is CN=C(NCC(=O)NCCOC)NCc1ccc(F)cc1. The molecule has 7 heteroatoms. The van der Waals surface area contributed by atoms with Crippen LogP contribution >= 0.6 is 0 Å². The van der Waals surface area contributed by atoms with Crippen LogP contribution in [0.15, 0.2) is 29.3 Å². The van der Waals surface area contributed by atoms with Crippen molar-refractivity contribution in [3.63, 3.8) is 0 Å². The molecule has 0 saturated heterocycles. The molecular weight excluding hydrogens is 275 g/mol. The Morgan fingerprint density at radius 3 is 2.57 bits per heavy atom. The number of carbonyl (C=O) groups excluding carboxylic acids is 1. The van der Waals surface area contributed by atoms with E-state index in [9.17, 15) is 9.18 Å². The van der Waals surface area contributed by atoms with Crippen molar-refractivity contribution in [1.82, 2.24) is 16.0 Å². The van der Waals surface area contributed by atoms with E-state index in [1.54, 1.807) is 26.3 Å². The molecule has 1 amide bonds. The quantitative estimate of drug-likeness (QED) is 0.383. The minimum atomic E-state index is -0.269. The predicted molar refractivity (Wildman–Crippen MR) is 79.5 cm³/mol. The van der Waals surface area contributed by atoms with Gasteiger partial charge in [0.1, 0.15) is 5.82 Å². The van der Waals surface area contributed by atoms with E-state index < -0.39 is 0 Å². The van der Waals surface area contributed by atoms with Gasteiger partial charge >= 0.3 is 0 Å². The third-order valence-electron chi connectivity index (χ3n) is 2.64. The van der Waals surface area contributed by atoms with Crippen LogP contribution in [-0.2, 0) is 16.1 Å². The van der Waals surface area contributed by atoms with Crippen molar-refractivity contribution in [2.75, 3.05) is 33.9 Å². The summed E-state index contributed by atoms with van der Waals surface area (Å²) < 4.78 is 17.6. The van der Waals surface area contributed by atoms with Crippen LogP contribution in [0.3, 0.4) is 0 Å². The summed E-state index contributed by atoms with van der Waals surface area (Å²) in [5, 5.41) is 8.62. The maximum atomic E-state index is 12.8. The number of guanidine groups is 1. The molecule has 116 valence electrons. The first-order valence-electron chi connectivity index (χ1n) is 6.60. The third-order valence-corrected chi connectivity index (χ3v) is 2.64. The Balaban J connectivity index is 2.29. The van der Waals surface area contributed by atoms with E-state index in [2.05, 4.69) is 20.9 Å². The fourth-order valence-electron chi connectivity index (χ4n) is 1.53. The Kier molecular flexibility index (Phi) is 7.81. The van der Waals surface area contributed by atoms with Gasteiger partial charge in [-0.3, -0.25) is 9.79 Å². The van der Waals surface area contributed by atoms with Crippen LogP contribution in [-0.4, -0.2) is 45.7 Å². The summed E-state index contributed by atoms with van der Waals surface area (Å²) in [6.07, 6.45) is 0. The normalized spacial score (nSPS) is 11.1. The smallest absolute Gasteiger partial charge is 0.239 e. The standard InChI is InChI=1S/C14H21FN4O2/c1-16-14(19-10-13(20)17-7-8-21-2)18-9-11-3-5-12(15)6-4-11/h3-6H,7-10H2,1-2H3,(H,17,20)(H2,16,18,19). The summed E-state index contributed by atoms with van der Waals surface area (Å²) in [5.41, 5.74) is 0.920. The number of nitrogens with one attached hydrogen (secondary N) is 3. The van der Waals surface area contributed by atoms with Crippen LogP contribution in [0.1, 0.15) is 5.56 Å². The summed E-state index contributed by atoms with van der Waals surface area (Å²) in [6.45, 7) is 1.56. The van der Waals surface area contributed by atoms with Gasteiger partial charge in [-0.05, 0) is 17.7 Å². The molecule has 0 bridgehead atoms. The number of nitrogens with zero attached hydrogens (tertiary/aromatic N) is 1. The highest BCUT2D eigenvalue weighted by atomic mass is 19.1. The highest BCUT2D eigenvalue weighted by molar-refractivity contribution is 5.86. The molecule has 0 aliphatic heterocycles. The van der Waals surface area contributed by atoms with E-state index in [4.69, 9.17) is 4.74 Å². The lowest BCUT2D eigenvalue weighted by atomic mass is 10.2. The van der Waals surface area contributed by atoms with Crippen molar-refractivity contribution in [1.29, 1.82) is 0 Å². The predicted octanol–water partition coefficient (Wildman–Crippen LogP) is 0.253. The summed E-state index contributed by atoms with van der Waals surface area (Å²) in [4.78, 5) is 15.5. The maximum absolute atomic E-state index is 12.8. The van der Waals surface area contributed by atoms with Crippen LogP contribution in [0.2, 0.25) is 0 Å². The van der Waals surface area contributed by atoms with Crippen molar-refractivity contribution < 1.29 is 13.9 Å². The molecule has 0 aliphatic rings. The molecule has 0 saturated carbocycles. The molecule has 3 N–H and O–H groups in total. The number of hydrogen-bond donors (Lipinski definition) is 3. The lowest BCUT2D eigenvalue weighted by Gasteiger charge is -2.12. The van der Waals surface area contributed by atoms with Gasteiger partial charge in [0.15, 0.2) is 5.96 Å². The van der Waals surface area contributed by atoms with Crippen molar-refractivity contribution in [2.45, 2.75) is 6.54 Å². The molecule has 6 nitrogen and oxygen atoms in total. The largest absolute Gasteiger partial charge is 0.383 e. The lowest BCUT2D eigenvalue weighted by Crippen LogP contribution is -2.43. The monoisotopic (exact) mass is 296 g/mol. The Morgan fingerprint density at radius 2 is 1.95 bits per heavy atom. The van der Waals surface area contributed by atoms with E-state index in [1.807, 2.05) is 0 Å². The van der Waals surface area contributed by atoms with Crippen molar-refractivity contribution in [3.8, 4) is 0 Å². The van der Waals surface area contributed by atoms with Crippen LogP contribution < -0.4 is 16.0 Å². The molecule has 0 unspecified atom stereocenters. The van der Waals surface area contributed by atoms with Gasteiger partial charge in [-0.2, -0.15) is 0 Å². The molecule has 1 aromatic carbocycles. The van der Waals surface area contributed by atoms with Crippen LogP contribution in [0.25, 0.3) is 0 Å². The van der Waals surface area contributed by atoms with Crippen LogP contribution in [0.4, 0.5) is 4.39 Å². The molecule has 21 heavy (non-hydrogen) atoms. The number of amides is 1. The van der Waals surface area contributed by atoms with Crippen molar-refractivity contribution in [3.05, 3.63) is 35.6 Å². The fourth-order valence-corrected chi connectivity index (χ4v) is 1.53. The molecule has 0 heterocycles. The second-order valence-electron chi connectivity index (χ2n) is 4.25. The second-order valence-corrected chi connectivity index (χ2v) is 4.25. The summed E-state index contributed by atoms with van der Waals surface area (Å²) in [6, 6.07) is 6.17. The molecule has 0 atom stereocenters. The van der Waals surface area contributed by atoms with E-state index >= 15 is 0 Å². The third kappa shape index (κ3) is 7.26. The van der Waals surface area contributed by atoms with Gasteiger partial charge in [-0.15, -0.1) is 0 Å². The van der Waals surface area contributed by atoms with Gasteiger partial charge < -0.3 is 20.7 Å². The highest BCUT2D eigenvalue weighted by Gasteiger charge is 2.03. The Labute approximate surface area is 123 Å². The molecule has 1 aromatic rings. The molecular formula is C14H21FN4O2. The minimum absolute atomic E-state index is 0.118. The minimum Gasteiger partial charge on any atom is -0.383 e. The zero-order valence-corrected chi connectivity index (χ0v) is 12.3. The maximum Gasteiger partial charge on any atom is 0.239 e. The zero-order chi connectivity index (χ0) is 15.5. The van der Waals surface area contributed by atoms with Crippen LogP contribution in [0.5, 0.6) is 0 Å². The fraction of sp³-hybridized carbons (Fsp3) is 0.429. The van der Waals surface area contributed by atoms with Gasteiger partial charge in [0.25, 0.3) is 0 Å². The van der Waals surface area contributed by atoms with Gasteiger partial charge in [0.05, 0.1) is 13.2 Å². The van der Waals surface area contributed by atoms with Gasteiger partial charge in [0, 0.05) is 27.2 Å². The summed E-state index contributed by atoms with van der Waals surface area (Å²) >= 11 is 0. The number of ether oxygens (including phenoxy) is 1. The van der Waals surface area contributed by atoms with E-state index in [0.717, 1.165) is 5.56 Å². The van der Waals surface area contributed by atoms with E-state index in [-0.39, 0.29) is 18.3 Å². The molecule has 0 aliphatic carbocycles. The average molecular weight is 296 g/mol. The average Bonchev–Trinajstić information content (AvgIpc) is 2.49. The molecule has 0 spiro atoms. The number of carbonyl (C=O) groups is 1. The van der Waals surface area contributed by atoms with Gasteiger partial charge in [-0.25, -0.2) is 4.39 Å². The van der Waals surface area contributed by atoms with Crippen LogP contribution in [0, 0.1) is 5.82 Å². The first-order chi connectivity index (χ1) is 10.2. The number of methoxy groups -OCH3 is 1. The lowest BCUT2D eigenvalue weighted by molar-refractivity contribution is -0.120. The number of aliphatic imine (C=N–C) groups is 1. The zero-order valence-electron chi connectivity index (χ0n) is 12.3. The number of benzene rings is 1. The number of rotatable bonds is 7. The highest BCUT2D eigenvalue weighted by Crippen LogP contribution is 2.01. The Morgan fingerprint density at radius 1 is 1.24 bits per heavy atom. The summed E-state index contributed by atoms with van der Waals surface area (Å²) in [5.74, 6) is 0.0898. The Hall–Kier alpha value is -2.15. The van der Waals surface area contributed by atoms with E-state index in [1.165, 1.54) is 12.1 Å². The molecule has 0 fully saturated rings. The van der Waals surface area contributed by atoms with Crippen molar-refractivity contribution >= 4 is 11.9 Å².